The van der Waals surface area contributed by atoms with Crippen LogP contribution in [-0.2, 0) is 9.47 Å². The molecule has 0 spiro atoms. The molecule has 0 aromatic heterocycles. The average molecular weight is 644 g/mol. The number of nitrogens with zero attached hydrogens (tertiary/aromatic N) is 1. The smallest absolute Gasteiger partial charge is 0.261 e. The van der Waals surface area contributed by atoms with Gasteiger partial charge in [0.2, 0.25) is 0 Å². The van der Waals surface area contributed by atoms with Gasteiger partial charge in [0.15, 0.2) is 0 Å². The summed E-state index contributed by atoms with van der Waals surface area (Å²) in [4.78, 5) is 25.8. The third-order valence-electron chi connectivity index (χ3n) is 6.76. The van der Waals surface area contributed by atoms with E-state index in [4.69, 9.17) is 9.47 Å². The van der Waals surface area contributed by atoms with Gasteiger partial charge in [0, 0.05) is 33.0 Å². The molecule has 1 aliphatic rings. The van der Waals surface area contributed by atoms with Crippen LogP contribution in [0.2, 0.25) is 0 Å². The number of alkyl halides is 1. The normalized spacial score (nSPS) is 12.6. The third-order valence-corrected chi connectivity index (χ3v) is 7.52. The highest BCUT2D eigenvalue weighted by atomic mass is 127. The molecular formula is C32H54INO4. The zero-order chi connectivity index (χ0) is 27.7. The van der Waals surface area contributed by atoms with E-state index in [9.17, 15) is 9.59 Å². The Labute approximate surface area is 246 Å². The number of benzene rings is 1. The van der Waals surface area contributed by atoms with Gasteiger partial charge in [-0.15, -0.1) is 0 Å². The van der Waals surface area contributed by atoms with Crippen molar-refractivity contribution in [3.63, 3.8) is 0 Å². The number of hydrogen-bond donors (Lipinski definition) is 0. The molecule has 6 heteroatoms. The number of carbonyl (C=O) groups is 2. The second kappa shape index (κ2) is 25.0. The summed E-state index contributed by atoms with van der Waals surface area (Å²) in [6, 6.07) is 7.08. The van der Waals surface area contributed by atoms with Gasteiger partial charge in [-0.1, -0.05) is 113 Å². The van der Waals surface area contributed by atoms with E-state index >= 15 is 0 Å². The molecule has 0 atom stereocenters. The second-order valence-electron chi connectivity index (χ2n) is 10.2. The van der Waals surface area contributed by atoms with Gasteiger partial charge in [0.25, 0.3) is 11.8 Å². The summed E-state index contributed by atoms with van der Waals surface area (Å²) in [5.41, 5.74) is 1.09. The van der Waals surface area contributed by atoms with Gasteiger partial charge in [-0.2, -0.15) is 0 Å². The first kappa shape index (κ1) is 35.0. The lowest BCUT2D eigenvalue weighted by Gasteiger charge is -2.13. The molecule has 0 N–H and O–H groups in total. The van der Waals surface area contributed by atoms with Crippen LogP contribution in [0.25, 0.3) is 0 Å². The van der Waals surface area contributed by atoms with Crippen LogP contribution in [0.3, 0.4) is 0 Å². The van der Waals surface area contributed by atoms with E-state index in [1.807, 2.05) is 0 Å². The Morgan fingerprint density at radius 3 is 1.42 bits per heavy atom. The second-order valence-corrected chi connectivity index (χ2v) is 11.2. The van der Waals surface area contributed by atoms with Gasteiger partial charge in [-0.05, 0) is 55.1 Å². The van der Waals surface area contributed by atoms with Gasteiger partial charge in [-0.3, -0.25) is 14.5 Å². The largest absolute Gasteiger partial charge is 0.381 e. The van der Waals surface area contributed by atoms with Gasteiger partial charge < -0.3 is 9.47 Å². The maximum absolute atomic E-state index is 12.2. The number of carbonyl (C=O) groups excluding carboxylic acids is 2. The molecule has 0 fully saturated rings. The van der Waals surface area contributed by atoms with Crippen molar-refractivity contribution in [1.29, 1.82) is 0 Å². The molecule has 1 aliphatic heterocycles. The molecule has 0 unspecified atom stereocenters. The fourth-order valence-electron chi connectivity index (χ4n) is 4.33. The molecule has 1 aromatic carbocycles. The van der Waals surface area contributed by atoms with Crippen molar-refractivity contribution in [1.82, 2.24) is 4.90 Å². The van der Waals surface area contributed by atoms with E-state index in [2.05, 4.69) is 36.4 Å². The van der Waals surface area contributed by atoms with E-state index in [0.717, 1.165) is 58.5 Å². The fraction of sp³-hybridized carbons (Fsp3) is 0.750. The number of imide groups is 1. The molecule has 0 saturated carbocycles. The van der Waals surface area contributed by atoms with Crippen LogP contribution in [0.4, 0.5) is 0 Å². The van der Waals surface area contributed by atoms with Crippen molar-refractivity contribution in [2.24, 2.45) is 0 Å². The standard InChI is InChI=1S/C20H29NO3.C12H25IO/c1-2-3-15-24-16-11-7-5-4-6-10-14-21-19(22)17-12-8-9-13-18(17)20(21)23;1-2-3-11-14-12-9-7-5-4-6-8-10-13/h8-9,12-13H,2-7,10-11,14-16H2,1H3;2-12H2,1H3. The first-order valence-corrected chi connectivity index (χ1v) is 16.9. The number of rotatable bonds is 23. The van der Waals surface area contributed by atoms with Crippen molar-refractivity contribution in [3.05, 3.63) is 35.4 Å². The SMILES string of the molecule is CCCCOCCCCCCCCI.CCCCOCCCCCCCCN1C(=O)c2ccccc2C1=O. The van der Waals surface area contributed by atoms with Crippen molar-refractivity contribution in [3.8, 4) is 0 Å². The van der Waals surface area contributed by atoms with Crippen molar-refractivity contribution in [2.75, 3.05) is 37.4 Å². The number of hydrogen-bond acceptors (Lipinski definition) is 4. The Balaban J connectivity index is 0.000000442. The number of fused-ring (bicyclic) bond motifs is 1. The summed E-state index contributed by atoms with van der Waals surface area (Å²) >= 11 is 2.45. The van der Waals surface area contributed by atoms with E-state index in [1.165, 1.54) is 80.0 Å². The quantitative estimate of drug-likeness (QED) is 0.0517. The van der Waals surface area contributed by atoms with E-state index in [-0.39, 0.29) is 11.8 Å². The van der Waals surface area contributed by atoms with Crippen LogP contribution in [0.15, 0.2) is 24.3 Å². The topological polar surface area (TPSA) is 55.8 Å². The summed E-state index contributed by atoms with van der Waals surface area (Å²) in [5, 5.41) is 0. The molecular weight excluding hydrogens is 589 g/mol. The third kappa shape index (κ3) is 16.2. The highest BCUT2D eigenvalue weighted by Gasteiger charge is 2.34. The number of amides is 2. The first-order valence-electron chi connectivity index (χ1n) is 15.3. The van der Waals surface area contributed by atoms with Crippen LogP contribution < -0.4 is 0 Å². The minimum Gasteiger partial charge on any atom is -0.381 e. The lowest BCUT2D eigenvalue weighted by Crippen LogP contribution is -2.30. The van der Waals surface area contributed by atoms with E-state index in [0.29, 0.717) is 17.7 Å². The highest BCUT2D eigenvalue weighted by molar-refractivity contribution is 14.1. The molecule has 0 radical (unpaired) electrons. The molecule has 218 valence electrons. The lowest BCUT2D eigenvalue weighted by atomic mass is 10.1. The minimum atomic E-state index is -0.139. The minimum absolute atomic E-state index is 0.139. The van der Waals surface area contributed by atoms with Crippen LogP contribution >= 0.6 is 22.6 Å². The Morgan fingerprint density at radius 2 is 0.974 bits per heavy atom. The lowest BCUT2D eigenvalue weighted by molar-refractivity contribution is 0.0651. The van der Waals surface area contributed by atoms with Crippen LogP contribution in [0, 0.1) is 0 Å². The van der Waals surface area contributed by atoms with Gasteiger partial charge in [0.05, 0.1) is 11.1 Å². The summed E-state index contributed by atoms with van der Waals surface area (Å²) in [5.74, 6) is -0.278. The molecule has 2 rings (SSSR count). The first-order chi connectivity index (χ1) is 18.7. The molecule has 0 bridgehead atoms. The van der Waals surface area contributed by atoms with Crippen molar-refractivity contribution < 1.29 is 19.1 Å². The number of halogens is 1. The van der Waals surface area contributed by atoms with Gasteiger partial charge in [-0.25, -0.2) is 0 Å². The van der Waals surface area contributed by atoms with E-state index < -0.39 is 0 Å². The zero-order valence-electron chi connectivity index (χ0n) is 24.3. The van der Waals surface area contributed by atoms with Crippen LogP contribution in [-0.4, -0.2) is 54.1 Å². The van der Waals surface area contributed by atoms with Crippen LogP contribution in [0.1, 0.15) is 137 Å². The number of unbranched alkanes of at least 4 members (excludes halogenated alkanes) is 12. The maximum Gasteiger partial charge on any atom is 0.261 e. The maximum atomic E-state index is 12.2. The molecule has 5 nitrogen and oxygen atoms in total. The Kier molecular flexibility index (Phi) is 23.1. The Hall–Kier alpha value is -0.990. The summed E-state index contributed by atoms with van der Waals surface area (Å²) in [6.45, 7) is 8.61. The number of ether oxygens (including phenoxy) is 2. The summed E-state index contributed by atoms with van der Waals surface area (Å²) in [6.07, 6.45) is 19.7. The van der Waals surface area contributed by atoms with Crippen molar-refractivity contribution in [2.45, 2.75) is 117 Å². The van der Waals surface area contributed by atoms with Crippen molar-refractivity contribution >= 4 is 34.4 Å². The summed E-state index contributed by atoms with van der Waals surface area (Å²) in [7, 11) is 0. The molecule has 1 heterocycles. The highest BCUT2D eigenvalue weighted by Crippen LogP contribution is 2.23. The fourth-order valence-corrected chi connectivity index (χ4v) is 4.87. The molecule has 1 aromatic rings. The Morgan fingerprint density at radius 1 is 0.579 bits per heavy atom. The molecule has 38 heavy (non-hydrogen) atoms. The van der Waals surface area contributed by atoms with Gasteiger partial charge >= 0.3 is 0 Å². The van der Waals surface area contributed by atoms with Crippen LogP contribution in [0.5, 0.6) is 0 Å². The average Bonchev–Trinajstić information content (AvgIpc) is 3.18. The molecule has 2 amide bonds. The molecule has 0 aliphatic carbocycles. The monoisotopic (exact) mass is 643 g/mol. The zero-order valence-corrected chi connectivity index (χ0v) is 26.5. The molecule has 0 saturated heterocycles. The Bertz CT molecular complexity index is 680. The predicted octanol–water partition coefficient (Wildman–Crippen LogP) is 9.02. The summed E-state index contributed by atoms with van der Waals surface area (Å²) < 4.78 is 12.4. The predicted molar refractivity (Wildman–Crippen MR) is 168 cm³/mol. The van der Waals surface area contributed by atoms with Gasteiger partial charge in [0.1, 0.15) is 0 Å². The van der Waals surface area contributed by atoms with E-state index in [1.54, 1.807) is 24.3 Å².